The molecule has 2 rings (SSSR count). The Bertz CT molecular complexity index is 470. The first-order valence-corrected chi connectivity index (χ1v) is 7.18. The number of piperazine rings is 1. The number of hydrogen-bond acceptors (Lipinski definition) is 3. The van der Waals surface area contributed by atoms with Crippen LogP contribution in [0.3, 0.4) is 0 Å². The fraction of sp³-hybridized carbons (Fsp3) is 0.600. The Labute approximate surface area is 122 Å². The molecule has 6 heteroatoms. The summed E-state index contributed by atoms with van der Waals surface area (Å²) in [6.45, 7) is 4.82. The minimum absolute atomic E-state index is 0.0493. The van der Waals surface area contributed by atoms with E-state index >= 15 is 0 Å². The average Bonchev–Trinajstić information content (AvgIpc) is 2.43. The summed E-state index contributed by atoms with van der Waals surface area (Å²) in [4.78, 5) is 2.09. The Hall–Kier alpha value is -1.27. The third-order valence-electron chi connectivity index (χ3n) is 3.90. The topological polar surface area (TPSA) is 35.5 Å². The molecule has 1 heterocycles. The van der Waals surface area contributed by atoms with Crippen LogP contribution >= 0.6 is 0 Å². The minimum Gasteiger partial charge on any atom is -0.508 e. The van der Waals surface area contributed by atoms with Crippen LogP contribution in [0.5, 0.6) is 5.75 Å². The fourth-order valence-electron chi connectivity index (χ4n) is 2.74. The Kier molecular flexibility index (Phi) is 5.11. The van der Waals surface area contributed by atoms with E-state index in [9.17, 15) is 18.3 Å². The Balaban J connectivity index is 2.18. The van der Waals surface area contributed by atoms with E-state index in [2.05, 4.69) is 10.2 Å². The standard InChI is InChI=1S/C15H21F3N2O/c1-11-10-12(2-3-14(11)21)13(4-5-15(16,17)18)20-8-6-19-7-9-20/h2-3,10,13,19,21H,4-9H2,1H3/t13-/m0/s1. The van der Waals surface area contributed by atoms with Crippen LogP contribution in [-0.4, -0.2) is 42.4 Å². The summed E-state index contributed by atoms with van der Waals surface area (Å²) < 4.78 is 37.7. The first-order chi connectivity index (χ1) is 9.87. The van der Waals surface area contributed by atoms with Crippen molar-refractivity contribution in [2.45, 2.75) is 32.0 Å². The molecule has 0 radical (unpaired) electrons. The normalized spacial score (nSPS) is 18.7. The van der Waals surface area contributed by atoms with E-state index in [1.165, 1.54) is 0 Å². The molecule has 118 valence electrons. The molecule has 1 atom stereocenters. The van der Waals surface area contributed by atoms with Crippen molar-refractivity contribution in [1.29, 1.82) is 0 Å². The highest BCUT2D eigenvalue weighted by atomic mass is 19.4. The molecule has 1 saturated heterocycles. The maximum Gasteiger partial charge on any atom is 0.389 e. The molecule has 1 fully saturated rings. The predicted octanol–water partition coefficient (Wildman–Crippen LogP) is 2.99. The molecule has 1 aliphatic rings. The van der Waals surface area contributed by atoms with Crippen molar-refractivity contribution in [2.75, 3.05) is 26.2 Å². The quantitative estimate of drug-likeness (QED) is 0.897. The van der Waals surface area contributed by atoms with Gasteiger partial charge in [-0.3, -0.25) is 4.90 Å². The Morgan fingerprint density at radius 2 is 1.95 bits per heavy atom. The van der Waals surface area contributed by atoms with E-state index in [1.807, 2.05) is 0 Å². The number of benzene rings is 1. The summed E-state index contributed by atoms with van der Waals surface area (Å²) in [5.74, 6) is 0.175. The van der Waals surface area contributed by atoms with E-state index in [0.717, 1.165) is 31.7 Å². The third kappa shape index (κ3) is 4.61. The highest BCUT2D eigenvalue weighted by molar-refractivity contribution is 5.36. The van der Waals surface area contributed by atoms with Crippen molar-refractivity contribution in [3.05, 3.63) is 29.3 Å². The van der Waals surface area contributed by atoms with E-state index in [-0.39, 0.29) is 18.2 Å². The first kappa shape index (κ1) is 16.1. The summed E-state index contributed by atoms with van der Waals surface area (Å²) in [6, 6.07) is 4.82. The number of aromatic hydroxyl groups is 1. The molecule has 1 aromatic carbocycles. The van der Waals surface area contributed by atoms with Gasteiger partial charge in [-0.15, -0.1) is 0 Å². The molecule has 0 aliphatic carbocycles. The smallest absolute Gasteiger partial charge is 0.389 e. The first-order valence-electron chi connectivity index (χ1n) is 7.18. The monoisotopic (exact) mass is 302 g/mol. The number of nitrogens with one attached hydrogen (secondary N) is 1. The second-order valence-corrected chi connectivity index (χ2v) is 5.50. The Morgan fingerprint density at radius 1 is 1.29 bits per heavy atom. The van der Waals surface area contributed by atoms with Crippen molar-refractivity contribution < 1.29 is 18.3 Å². The highest BCUT2D eigenvalue weighted by Crippen LogP contribution is 2.33. The van der Waals surface area contributed by atoms with Gasteiger partial charge in [-0.1, -0.05) is 12.1 Å². The van der Waals surface area contributed by atoms with Gasteiger partial charge in [0.2, 0.25) is 0 Å². The summed E-state index contributed by atoms with van der Waals surface area (Å²) in [5, 5.41) is 12.8. The van der Waals surface area contributed by atoms with E-state index in [4.69, 9.17) is 0 Å². The van der Waals surface area contributed by atoms with E-state index in [0.29, 0.717) is 5.56 Å². The lowest BCUT2D eigenvalue weighted by Crippen LogP contribution is -2.45. The van der Waals surface area contributed by atoms with Gasteiger partial charge in [-0.25, -0.2) is 0 Å². The van der Waals surface area contributed by atoms with E-state index < -0.39 is 12.6 Å². The molecule has 3 nitrogen and oxygen atoms in total. The van der Waals surface area contributed by atoms with E-state index in [1.54, 1.807) is 25.1 Å². The molecule has 0 bridgehead atoms. The molecule has 0 amide bonds. The van der Waals surface area contributed by atoms with Gasteiger partial charge >= 0.3 is 6.18 Å². The van der Waals surface area contributed by atoms with Gasteiger partial charge in [-0.05, 0) is 30.5 Å². The number of alkyl halides is 3. The van der Waals surface area contributed by atoms with Crippen LogP contribution in [0, 0.1) is 6.92 Å². The van der Waals surface area contributed by atoms with Crippen LogP contribution in [-0.2, 0) is 0 Å². The predicted molar refractivity (Wildman–Crippen MR) is 75.3 cm³/mol. The zero-order chi connectivity index (χ0) is 15.5. The summed E-state index contributed by atoms with van der Waals surface area (Å²) in [6.07, 6.45) is -4.88. The van der Waals surface area contributed by atoms with Gasteiger partial charge in [-0.2, -0.15) is 13.2 Å². The van der Waals surface area contributed by atoms with Gasteiger partial charge < -0.3 is 10.4 Å². The van der Waals surface area contributed by atoms with Crippen LogP contribution < -0.4 is 5.32 Å². The van der Waals surface area contributed by atoms with Crippen LogP contribution in [0.4, 0.5) is 13.2 Å². The summed E-state index contributed by atoms with van der Waals surface area (Å²) in [5.41, 5.74) is 1.54. The molecule has 1 aliphatic heterocycles. The number of phenols is 1. The van der Waals surface area contributed by atoms with Crippen LogP contribution in [0.25, 0.3) is 0 Å². The van der Waals surface area contributed by atoms with Gasteiger partial charge in [0.25, 0.3) is 0 Å². The lowest BCUT2D eigenvalue weighted by atomic mass is 9.97. The highest BCUT2D eigenvalue weighted by Gasteiger charge is 2.31. The molecular formula is C15H21F3N2O. The molecule has 0 aromatic heterocycles. The number of aryl methyl sites for hydroxylation is 1. The second kappa shape index (κ2) is 6.66. The maximum absolute atomic E-state index is 12.6. The molecule has 2 N–H and O–H groups in total. The lowest BCUT2D eigenvalue weighted by molar-refractivity contribution is -0.138. The number of nitrogens with zero attached hydrogens (tertiary/aromatic N) is 1. The molecule has 0 unspecified atom stereocenters. The van der Waals surface area contributed by atoms with Crippen LogP contribution in [0.15, 0.2) is 18.2 Å². The second-order valence-electron chi connectivity index (χ2n) is 5.50. The Morgan fingerprint density at radius 3 is 2.52 bits per heavy atom. The van der Waals surface area contributed by atoms with Crippen molar-refractivity contribution in [3.8, 4) is 5.75 Å². The van der Waals surface area contributed by atoms with Gasteiger partial charge in [0.1, 0.15) is 5.75 Å². The van der Waals surface area contributed by atoms with Crippen molar-refractivity contribution in [1.82, 2.24) is 10.2 Å². The molecule has 1 aromatic rings. The van der Waals surface area contributed by atoms with Gasteiger partial charge in [0, 0.05) is 38.6 Å². The average molecular weight is 302 g/mol. The fourth-order valence-corrected chi connectivity index (χ4v) is 2.74. The number of phenolic OH excluding ortho intramolecular Hbond substituents is 1. The summed E-state index contributed by atoms with van der Waals surface area (Å²) >= 11 is 0. The van der Waals surface area contributed by atoms with Crippen molar-refractivity contribution in [2.24, 2.45) is 0 Å². The molecular weight excluding hydrogens is 281 g/mol. The largest absolute Gasteiger partial charge is 0.508 e. The van der Waals surface area contributed by atoms with Crippen molar-refractivity contribution in [3.63, 3.8) is 0 Å². The van der Waals surface area contributed by atoms with Crippen LogP contribution in [0.1, 0.15) is 30.0 Å². The molecule has 0 spiro atoms. The number of hydrogen-bond donors (Lipinski definition) is 2. The number of rotatable bonds is 4. The number of halogens is 3. The third-order valence-corrected chi connectivity index (χ3v) is 3.90. The van der Waals surface area contributed by atoms with Crippen molar-refractivity contribution >= 4 is 0 Å². The van der Waals surface area contributed by atoms with Gasteiger partial charge in [0.15, 0.2) is 0 Å². The molecule has 0 saturated carbocycles. The zero-order valence-corrected chi connectivity index (χ0v) is 12.1. The minimum atomic E-state index is -4.14. The maximum atomic E-state index is 12.6. The zero-order valence-electron chi connectivity index (χ0n) is 12.1. The SMILES string of the molecule is Cc1cc([C@H](CCC(F)(F)F)N2CCNCC2)ccc1O. The van der Waals surface area contributed by atoms with Gasteiger partial charge in [0.05, 0.1) is 0 Å². The summed E-state index contributed by atoms with van der Waals surface area (Å²) in [7, 11) is 0. The lowest BCUT2D eigenvalue weighted by Gasteiger charge is -2.35. The molecule has 21 heavy (non-hydrogen) atoms. The van der Waals surface area contributed by atoms with Crippen LogP contribution in [0.2, 0.25) is 0 Å².